The van der Waals surface area contributed by atoms with Crippen LogP contribution in [0.25, 0.3) is 0 Å². The zero-order chi connectivity index (χ0) is 19.3. The van der Waals surface area contributed by atoms with Crippen molar-refractivity contribution in [1.29, 1.82) is 0 Å². The van der Waals surface area contributed by atoms with E-state index in [0.29, 0.717) is 11.3 Å². The first kappa shape index (κ1) is 19.2. The Morgan fingerprint density at radius 1 is 1.00 bits per heavy atom. The summed E-state index contributed by atoms with van der Waals surface area (Å²) in [5, 5.41) is 12.1. The van der Waals surface area contributed by atoms with Gasteiger partial charge in [0.25, 0.3) is 0 Å². The maximum atomic E-state index is 12.1. The summed E-state index contributed by atoms with van der Waals surface area (Å²) in [4.78, 5) is 35.9. The number of nitrogens with one attached hydrogen (secondary N) is 1. The largest absolute Gasteiger partial charge is 0.508 e. The molecule has 0 aliphatic rings. The maximum Gasteiger partial charge on any atom is 0.338 e. The second-order valence-corrected chi connectivity index (χ2v) is 6.83. The van der Waals surface area contributed by atoms with Crippen molar-refractivity contribution < 1.29 is 24.2 Å². The van der Waals surface area contributed by atoms with E-state index in [9.17, 15) is 19.5 Å². The fourth-order valence-electron chi connectivity index (χ4n) is 1.99. The molecule has 0 aromatic heterocycles. The third-order valence-electron chi connectivity index (χ3n) is 3.56. The van der Waals surface area contributed by atoms with Crippen LogP contribution in [0.3, 0.4) is 0 Å². The Bertz CT molecular complexity index is 819. The van der Waals surface area contributed by atoms with Crippen molar-refractivity contribution in [3.05, 3.63) is 59.7 Å². The van der Waals surface area contributed by atoms with Crippen LogP contribution in [0.1, 0.15) is 41.5 Å². The molecule has 6 nitrogen and oxygen atoms in total. The summed E-state index contributed by atoms with van der Waals surface area (Å²) in [6.07, 6.45) is 0. The van der Waals surface area contributed by atoms with Crippen LogP contribution < -0.4 is 5.32 Å². The number of esters is 1. The number of rotatable bonds is 5. The molecule has 136 valence electrons. The predicted octanol–water partition coefficient (Wildman–Crippen LogP) is 3.42. The summed E-state index contributed by atoms with van der Waals surface area (Å²) in [5.74, 6) is -1.24. The molecule has 0 spiro atoms. The molecule has 2 rings (SSSR count). The number of anilines is 1. The molecular weight excluding hydrogens is 334 g/mol. The number of carbonyl (C=O) groups excluding carboxylic acids is 3. The molecule has 2 aromatic carbocycles. The minimum atomic E-state index is -0.691. The summed E-state index contributed by atoms with van der Waals surface area (Å²) < 4.78 is 4.97. The zero-order valence-electron chi connectivity index (χ0n) is 14.9. The average molecular weight is 355 g/mol. The van der Waals surface area contributed by atoms with E-state index in [-0.39, 0.29) is 23.0 Å². The van der Waals surface area contributed by atoms with E-state index in [1.807, 2.05) is 0 Å². The zero-order valence-corrected chi connectivity index (χ0v) is 14.9. The molecule has 0 fully saturated rings. The summed E-state index contributed by atoms with van der Waals surface area (Å²) in [7, 11) is 0. The van der Waals surface area contributed by atoms with Gasteiger partial charge >= 0.3 is 5.97 Å². The lowest BCUT2D eigenvalue weighted by Gasteiger charge is -2.17. The Labute approximate surface area is 151 Å². The van der Waals surface area contributed by atoms with E-state index in [1.165, 1.54) is 24.3 Å². The SMILES string of the molecule is CC(C)(C)C(=O)Nc1ccc(C(=O)COC(=O)c2cccc(O)c2)cc1. The number of amides is 1. The average Bonchev–Trinajstić information content (AvgIpc) is 2.59. The lowest BCUT2D eigenvalue weighted by atomic mass is 9.95. The number of hydrogen-bond donors (Lipinski definition) is 2. The summed E-state index contributed by atoms with van der Waals surface area (Å²) in [6.45, 7) is 5.01. The highest BCUT2D eigenvalue weighted by Crippen LogP contribution is 2.18. The van der Waals surface area contributed by atoms with Crippen molar-refractivity contribution in [3.8, 4) is 5.75 Å². The summed E-state index contributed by atoms with van der Waals surface area (Å²) >= 11 is 0. The second-order valence-electron chi connectivity index (χ2n) is 6.83. The molecule has 1 amide bonds. The summed E-state index contributed by atoms with van der Waals surface area (Å²) in [6, 6.07) is 12.0. The smallest absolute Gasteiger partial charge is 0.338 e. The molecule has 0 aliphatic carbocycles. The Hall–Kier alpha value is -3.15. The van der Waals surface area contributed by atoms with Crippen molar-refractivity contribution in [2.45, 2.75) is 20.8 Å². The first-order valence-corrected chi connectivity index (χ1v) is 8.08. The third kappa shape index (κ3) is 5.17. The predicted molar refractivity (Wildman–Crippen MR) is 97.2 cm³/mol. The van der Waals surface area contributed by atoms with Crippen LogP contribution in [0.5, 0.6) is 5.75 Å². The standard InChI is InChI=1S/C20H21NO5/c1-20(2,3)19(25)21-15-9-7-13(8-10-15)17(23)12-26-18(24)14-5-4-6-16(22)11-14/h4-11,22H,12H2,1-3H3,(H,21,25). The third-order valence-corrected chi connectivity index (χ3v) is 3.56. The second kappa shape index (κ2) is 7.82. The fraction of sp³-hybridized carbons (Fsp3) is 0.250. The van der Waals surface area contributed by atoms with Gasteiger partial charge in [0, 0.05) is 16.7 Å². The number of carbonyl (C=O) groups is 3. The van der Waals surface area contributed by atoms with Crippen molar-refractivity contribution in [2.24, 2.45) is 5.41 Å². The van der Waals surface area contributed by atoms with Crippen molar-refractivity contribution >= 4 is 23.3 Å². The van der Waals surface area contributed by atoms with Gasteiger partial charge in [-0.25, -0.2) is 4.79 Å². The molecule has 6 heteroatoms. The molecule has 0 radical (unpaired) electrons. The van der Waals surface area contributed by atoms with Crippen LogP contribution in [-0.2, 0) is 9.53 Å². The van der Waals surface area contributed by atoms with Gasteiger partial charge in [0.05, 0.1) is 5.56 Å². The lowest BCUT2D eigenvalue weighted by Crippen LogP contribution is -2.27. The molecule has 0 saturated carbocycles. The van der Waals surface area contributed by atoms with Crippen LogP contribution in [0.2, 0.25) is 0 Å². The Kier molecular flexibility index (Phi) is 5.77. The molecule has 0 aliphatic heterocycles. The van der Waals surface area contributed by atoms with E-state index < -0.39 is 18.0 Å². The van der Waals surface area contributed by atoms with Gasteiger partial charge in [-0.1, -0.05) is 26.8 Å². The number of ketones is 1. The highest BCUT2D eigenvalue weighted by Gasteiger charge is 2.21. The molecule has 0 saturated heterocycles. The van der Waals surface area contributed by atoms with E-state index in [4.69, 9.17) is 4.74 Å². The Morgan fingerprint density at radius 2 is 1.65 bits per heavy atom. The van der Waals surface area contributed by atoms with E-state index in [1.54, 1.807) is 45.0 Å². The molecular formula is C20H21NO5. The lowest BCUT2D eigenvalue weighted by molar-refractivity contribution is -0.123. The van der Waals surface area contributed by atoms with Gasteiger partial charge in [-0.05, 0) is 42.5 Å². The van der Waals surface area contributed by atoms with E-state index in [0.717, 1.165) is 0 Å². The Balaban J connectivity index is 1.93. The van der Waals surface area contributed by atoms with Crippen molar-refractivity contribution in [1.82, 2.24) is 0 Å². The Morgan fingerprint density at radius 3 is 2.23 bits per heavy atom. The number of Topliss-reactive ketones (excluding diaryl/α,β-unsaturated/α-hetero) is 1. The van der Waals surface area contributed by atoms with Gasteiger partial charge < -0.3 is 15.2 Å². The topological polar surface area (TPSA) is 92.7 Å². The van der Waals surface area contributed by atoms with Crippen molar-refractivity contribution in [3.63, 3.8) is 0 Å². The van der Waals surface area contributed by atoms with Crippen LogP contribution in [0.15, 0.2) is 48.5 Å². The molecule has 0 atom stereocenters. The first-order chi connectivity index (χ1) is 12.2. The van der Waals surface area contributed by atoms with Crippen LogP contribution in [-0.4, -0.2) is 29.4 Å². The van der Waals surface area contributed by atoms with E-state index >= 15 is 0 Å². The normalized spacial score (nSPS) is 10.9. The monoisotopic (exact) mass is 355 g/mol. The molecule has 2 N–H and O–H groups in total. The molecule has 0 bridgehead atoms. The number of phenols is 1. The van der Waals surface area contributed by atoms with Gasteiger partial charge in [0.1, 0.15) is 5.75 Å². The van der Waals surface area contributed by atoms with Gasteiger partial charge in [0.15, 0.2) is 12.4 Å². The molecule has 26 heavy (non-hydrogen) atoms. The molecule has 0 heterocycles. The molecule has 0 unspecified atom stereocenters. The molecule has 2 aromatic rings. The minimum Gasteiger partial charge on any atom is -0.508 e. The number of ether oxygens (including phenoxy) is 1. The van der Waals surface area contributed by atoms with Crippen LogP contribution >= 0.6 is 0 Å². The first-order valence-electron chi connectivity index (χ1n) is 8.08. The number of aromatic hydroxyl groups is 1. The van der Waals surface area contributed by atoms with Gasteiger partial charge in [-0.3, -0.25) is 9.59 Å². The van der Waals surface area contributed by atoms with Gasteiger partial charge in [0.2, 0.25) is 5.91 Å². The summed E-state index contributed by atoms with van der Waals surface area (Å²) in [5.41, 5.74) is 0.591. The maximum absolute atomic E-state index is 12.1. The number of hydrogen-bond acceptors (Lipinski definition) is 5. The van der Waals surface area contributed by atoms with Gasteiger partial charge in [-0.15, -0.1) is 0 Å². The number of benzene rings is 2. The van der Waals surface area contributed by atoms with E-state index in [2.05, 4.69) is 5.32 Å². The number of phenolic OH excluding ortho intramolecular Hbond substituents is 1. The quantitative estimate of drug-likeness (QED) is 0.633. The fourth-order valence-corrected chi connectivity index (χ4v) is 1.99. The van der Waals surface area contributed by atoms with Crippen LogP contribution in [0, 0.1) is 5.41 Å². The highest BCUT2D eigenvalue weighted by atomic mass is 16.5. The highest BCUT2D eigenvalue weighted by molar-refractivity contribution is 6.00. The van der Waals surface area contributed by atoms with Crippen LogP contribution in [0.4, 0.5) is 5.69 Å². The van der Waals surface area contributed by atoms with Crippen molar-refractivity contribution in [2.75, 3.05) is 11.9 Å². The van der Waals surface area contributed by atoms with Gasteiger partial charge in [-0.2, -0.15) is 0 Å². The minimum absolute atomic E-state index is 0.0568.